The Morgan fingerprint density at radius 3 is 2.47 bits per heavy atom. The molecule has 0 bridgehead atoms. The van der Waals surface area contributed by atoms with Crippen molar-refractivity contribution in [3.05, 3.63) is 11.8 Å². The Labute approximate surface area is 104 Å². The molecule has 0 spiro atoms. The van der Waals surface area contributed by atoms with E-state index in [2.05, 4.69) is 0 Å². The molecule has 0 aliphatic heterocycles. The molecule has 0 radical (unpaired) electrons. The van der Waals surface area contributed by atoms with Gasteiger partial charge < -0.3 is 10.2 Å². The van der Waals surface area contributed by atoms with Crippen LogP contribution in [0.25, 0.3) is 0 Å². The number of aliphatic hydroxyl groups excluding tert-OH is 1. The van der Waals surface area contributed by atoms with E-state index in [-0.39, 0.29) is 38.5 Å². The van der Waals surface area contributed by atoms with Crippen LogP contribution in [0.1, 0.15) is 38.5 Å². The van der Waals surface area contributed by atoms with Gasteiger partial charge in [0.15, 0.2) is 5.78 Å². The van der Waals surface area contributed by atoms with E-state index in [1.807, 2.05) is 0 Å². The van der Waals surface area contributed by atoms with Gasteiger partial charge in [-0.2, -0.15) is 0 Å². The van der Waals surface area contributed by atoms with Crippen LogP contribution in [0.4, 0.5) is 0 Å². The number of allylic oxidation sites excluding steroid dienone is 2. The average Bonchev–Trinajstić information content (AvgIpc) is 2.52. The first kappa shape index (κ1) is 12.9. The summed E-state index contributed by atoms with van der Waals surface area (Å²) in [4.78, 5) is 11.6. The molecule has 4 heteroatoms. The Morgan fingerprint density at radius 1 is 1.33 bits per heavy atom. The van der Waals surface area contributed by atoms with E-state index in [0.29, 0.717) is 12.8 Å². The fraction of sp³-hybridized carbons (Fsp3) is 0.727. The van der Waals surface area contributed by atoms with Crippen molar-refractivity contribution in [2.75, 3.05) is 0 Å². The largest absolute Gasteiger partial charge is 0.512 e. The predicted octanol–water partition coefficient (Wildman–Crippen LogP) is 1.71. The minimum absolute atomic E-state index is 0. The molecule has 0 aromatic rings. The zero-order valence-electron chi connectivity index (χ0n) is 8.61. The van der Waals surface area contributed by atoms with Crippen molar-refractivity contribution >= 4 is 5.78 Å². The third kappa shape index (κ3) is 2.51. The Morgan fingerprint density at radius 2 is 1.93 bits per heavy atom. The van der Waals surface area contributed by atoms with Crippen LogP contribution in [-0.2, 0) is 25.9 Å². The molecule has 84 valence electrons. The number of hydrogen-bond donors (Lipinski definition) is 2. The zero-order valence-corrected chi connectivity index (χ0v) is 11.5. The molecule has 1 unspecified atom stereocenters. The summed E-state index contributed by atoms with van der Waals surface area (Å²) in [6.07, 6.45) is 5.89. The third-order valence-electron chi connectivity index (χ3n) is 3.46. The molecule has 0 heterocycles. The number of hydrogen-bond acceptors (Lipinski definition) is 3. The predicted molar refractivity (Wildman–Crippen MR) is 51.9 cm³/mol. The molecule has 2 N–H and O–H groups in total. The molecule has 2 aliphatic carbocycles. The minimum atomic E-state index is -0.783. The van der Waals surface area contributed by atoms with Crippen molar-refractivity contribution in [1.29, 1.82) is 0 Å². The smallest absolute Gasteiger partial charge is 0.164 e. The minimum Gasteiger partial charge on any atom is -0.512 e. The normalized spacial score (nSPS) is 29.5. The van der Waals surface area contributed by atoms with Gasteiger partial charge >= 0.3 is 0 Å². The quantitative estimate of drug-likeness (QED) is 0.729. The standard InChI is InChI=1S/C11H16O3.W/c12-8-3-4-9(10(13)7-8)11(14)5-1-2-6-11;/h7,9,12,14H,1-6H2;. The van der Waals surface area contributed by atoms with E-state index in [9.17, 15) is 15.0 Å². The maximum Gasteiger partial charge on any atom is 0.164 e. The van der Waals surface area contributed by atoms with Crippen LogP contribution < -0.4 is 0 Å². The van der Waals surface area contributed by atoms with Crippen molar-refractivity contribution in [2.24, 2.45) is 5.92 Å². The van der Waals surface area contributed by atoms with Crippen LogP contribution in [-0.4, -0.2) is 21.6 Å². The van der Waals surface area contributed by atoms with E-state index in [1.54, 1.807) is 0 Å². The second-order valence-electron chi connectivity index (χ2n) is 4.44. The van der Waals surface area contributed by atoms with Gasteiger partial charge in [0, 0.05) is 33.6 Å². The number of carbonyl (C=O) groups is 1. The van der Waals surface area contributed by atoms with E-state index in [0.717, 1.165) is 25.7 Å². The Kier molecular flexibility index (Phi) is 4.13. The van der Waals surface area contributed by atoms with Gasteiger partial charge in [-0.05, 0) is 19.3 Å². The summed E-state index contributed by atoms with van der Waals surface area (Å²) >= 11 is 0. The molecule has 0 aromatic carbocycles. The summed E-state index contributed by atoms with van der Waals surface area (Å²) < 4.78 is 0. The van der Waals surface area contributed by atoms with Gasteiger partial charge in [0.05, 0.1) is 17.3 Å². The molecule has 1 fully saturated rings. The van der Waals surface area contributed by atoms with Gasteiger partial charge in [-0.25, -0.2) is 0 Å². The van der Waals surface area contributed by atoms with Crippen molar-refractivity contribution in [3.63, 3.8) is 0 Å². The number of rotatable bonds is 1. The SMILES string of the molecule is O=C1C=C(O)CCC1C1(O)CCCC1.[W]. The zero-order chi connectivity index (χ0) is 10.2. The fourth-order valence-electron chi connectivity index (χ4n) is 2.64. The maximum atomic E-state index is 11.6. The number of aliphatic hydroxyl groups is 2. The van der Waals surface area contributed by atoms with Crippen LogP contribution in [0, 0.1) is 5.92 Å². The van der Waals surface area contributed by atoms with Gasteiger partial charge in [0.2, 0.25) is 0 Å². The van der Waals surface area contributed by atoms with Gasteiger partial charge in [-0.1, -0.05) is 12.8 Å². The third-order valence-corrected chi connectivity index (χ3v) is 3.46. The Hall–Kier alpha value is -0.142. The Bertz CT molecular complexity index is 280. The van der Waals surface area contributed by atoms with Crippen LogP contribution in [0.5, 0.6) is 0 Å². The Balaban J connectivity index is 0.00000112. The van der Waals surface area contributed by atoms with E-state index in [4.69, 9.17) is 0 Å². The van der Waals surface area contributed by atoms with Gasteiger partial charge in [0.1, 0.15) is 0 Å². The first-order valence-corrected chi connectivity index (χ1v) is 5.27. The first-order chi connectivity index (χ1) is 6.62. The van der Waals surface area contributed by atoms with Crippen molar-refractivity contribution in [3.8, 4) is 0 Å². The van der Waals surface area contributed by atoms with Gasteiger partial charge in [-0.3, -0.25) is 4.79 Å². The molecule has 1 saturated carbocycles. The van der Waals surface area contributed by atoms with Crippen molar-refractivity contribution in [1.82, 2.24) is 0 Å². The summed E-state index contributed by atoms with van der Waals surface area (Å²) in [6.45, 7) is 0. The van der Waals surface area contributed by atoms with Crippen LogP contribution in [0.3, 0.4) is 0 Å². The second kappa shape index (κ2) is 4.80. The molecule has 2 aliphatic rings. The molecule has 15 heavy (non-hydrogen) atoms. The topological polar surface area (TPSA) is 57.5 Å². The van der Waals surface area contributed by atoms with Crippen molar-refractivity contribution < 1.29 is 36.1 Å². The molecule has 0 aromatic heterocycles. The summed E-state index contributed by atoms with van der Waals surface area (Å²) in [5.41, 5.74) is -0.783. The van der Waals surface area contributed by atoms with Crippen molar-refractivity contribution in [2.45, 2.75) is 44.1 Å². The number of carbonyl (C=O) groups excluding carboxylic acids is 1. The first-order valence-electron chi connectivity index (χ1n) is 5.27. The molecule has 0 amide bonds. The van der Waals surface area contributed by atoms with E-state index in [1.165, 1.54) is 6.08 Å². The van der Waals surface area contributed by atoms with E-state index < -0.39 is 5.60 Å². The second-order valence-corrected chi connectivity index (χ2v) is 4.44. The molecule has 1 atom stereocenters. The molecule has 2 rings (SSSR count). The molecular weight excluding hydrogens is 364 g/mol. The van der Waals surface area contributed by atoms with Crippen LogP contribution in [0.2, 0.25) is 0 Å². The maximum absolute atomic E-state index is 11.6. The van der Waals surface area contributed by atoms with Crippen LogP contribution >= 0.6 is 0 Å². The van der Waals surface area contributed by atoms with Gasteiger partial charge in [0.25, 0.3) is 0 Å². The molecule has 0 saturated heterocycles. The summed E-state index contributed by atoms with van der Waals surface area (Å²) in [6, 6.07) is 0. The summed E-state index contributed by atoms with van der Waals surface area (Å²) in [5, 5.41) is 19.4. The van der Waals surface area contributed by atoms with Crippen LogP contribution in [0.15, 0.2) is 11.8 Å². The monoisotopic (exact) mass is 380 g/mol. The van der Waals surface area contributed by atoms with E-state index >= 15 is 0 Å². The van der Waals surface area contributed by atoms with Gasteiger partial charge in [-0.15, -0.1) is 0 Å². The summed E-state index contributed by atoms with van der Waals surface area (Å²) in [5.74, 6) is -0.216. The molecule has 3 nitrogen and oxygen atoms in total. The average molecular weight is 380 g/mol. The fourth-order valence-corrected chi connectivity index (χ4v) is 2.64. The summed E-state index contributed by atoms with van der Waals surface area (Å²) in [7, 11) is 0. The molecular formula is C11H16O3W. The number of ketones is 1.